The van der Waals surface area contributed by atoms with Crippen LogP contribution in [-0.4, -0.2) is 32.6 Å². The van der Waals surface area contributed by atoms with Gasteiger partial charge in [-0.2, -0.15) is 0 Å². The van der Waals surface area contributed by atoms with Crippen LogP contribution in [0.5, 0.6) is 0 Å². The standard InChI is InChI=1S/C19H19ClN2O3/c1-22(2)17-9-7-16(8-10-17)21-18(23)13-25-19(24)11-6-14-4-3-5-15(20)12-14/h3-12H,13H2,1-2H3,(H,21,23)/b11-6+. The van der Waals surface area contributed by atoms with Gasteiger partial charge in [0.05, 0.1) is 0 Å². The normalized spacial score (nSPS) is 10.5. The Morgan fingerprint density at radius 2 is 1.88 bits per heavy atom. The predicted octanol–water partition coefficient (Wildman–Crippen LogP) is 3.60. The summed E-state index contributed by atoms with van der Waals surface area (Å²) >= 11 is 5.86. The number of hydrogen-bond acceptors (Lipinski definition) is 4. The third kappa shape index (κ3) is 6.31. The van der Waals surface area contributed by atoms with Gasteiger partial charge in [0.2, 0.25) is 0 Å². The highest BCUT2D eigenvalue weighted by Gasteiger charge is 2.06. The highest BCUT2D eigenvalue weighted by Crippen LogP contribution is 2.15. The molecule has 0 radical (unpaired) electrons. The van der Waals surface area contributed by atoms with Gasteiger partial charge in [-0.3, -0.25) is 4.79 Å². The Labute approximate surface area is 151 Å². The van der Waals surface area contributed by atoms with E-state index in [0.717, 1.165) is 11.3 Å². The van der Waals surface area contributed by atoms with Gasteiger partial charge in [0.15, 0.2) is 6.61 Å². The van der Waals surface area contributed by atoms with Gasteiger partial charge in [0.25, 0.3) is 5.91 Å². The number of hydrogen-bond donors (Lipinski definition) is 1. The number of ether oxygens (including phenoxy) is 1. The van der Waals surface area contributed by atoms with Gasteiger partial charge in [0, 0.05) is 36.6 Å². The minimum atomic E-state index is -0.599. The van der Waals surface area contributed by atoms with Crippen LogP contribution in [0.1, 0.15) is 5.56 Å². The molecule has 0 aromatic heterocycles. The maximum atomic E-state index is 11.8. The molecule has 1 amide bonds. The first-order valence-corrected chi connectivity index (χ1v) is 7.99. The third-order valence-corrected chi connectivity index (χ3v) is 3.51. The van der Waals surface area contributed by atoms with E-state index in [2.05, 4.69) is 5.32 Å². The van der Waals surface area contributed by atoms with Crippen molar-refractivity contribution in [2.24, 2.45) is 0 Å². The molecule has 0 saturated carbocycles. The van der Waals surface area contributed by atoms with E-state index in [1.54, 1.807) is 42.5 Å². The first-order chi connectivity index (χ1) is 11.9. The number of carbonyl (C=O) groups is 2. The first-order valence-electron chi connectivity index (χ1n) is 7.62. The number of anilines is 2. The van der Waals surface area contributed by atoms with Crippen molar-refractivity contribution in [1.82, 2.24) is 0 Å². The average molecular weight is 359 g/mol. The molecule has 6 heteroatoms. The van der Waals surface area contributed by atoms with E-state index in [4.69, 9.17) is 16.3 Å². The third-order valence-electron chi connectivity index (χ3n) is 3.27. The largest absolute Gasteiger partial charge is 0.452 e. The van der Waals surface area contributed by atoms with Gasteiger partial charge in [-0.15, -0.1) is 0 Å². The molecular formula is C19H19ClN2O3. The molecule has 5 nitrogen and oxygen atoms in total. The summed E-state index contributed by atoms with van der Waals surface area (Å²) in [5, 5.41) is 3.25. The fourth-order valence-electron chi connectivity index (χ4n) is 2.00. The van der Waals surface area contributed by atoms with Gasteiger partial charge in [-0.05, 0) is 48.0 Å². The van der Waals surface area contributed by atoms with Crippen molar-refractivity contribution in [3.63, 3.8) is 0 Å². The van der Waals surface area contributed by atoms with Crippen molar-refractivity contribution in [2.75, 3.05) is 30.9 Å². The summed E-state index contributed by atoms with van der Waals surface area (Å²) in [6.45, 7) is -0.353. The van der Waals surface area contributed by atoms with E-state index in [-0.39, 0.29) is 6.61 Å². The number of esters is 1. The minimum Gasteiger partial charge on any atom is -0.452 e. The molecule has 0 aliphatic rings. The number of nitrogens with zero attached hydrogens (tertiary/aromatic N) is 1. The van der Waals surface area contributed by atoms with Crippen molar-refractivity contribution < 1.29 is 14.3 Å². The van der Waals surface area contributed by atoms with Crippen LogP contribution in [0.4, 0.5) is 11.4 Å². The molecule has 0 unspecified atom stereocenters. The molecule has 0 bridgehead atoms. The second-order valence-electron chi connectivity index (χ2n) is 5.49. The van der Waals surface area contributed by atoms with Crippen LogP contribution in [0.3, 0.4) is 0 Å². The quantitative estimate of drug-likeness (QED) is 0.633. The van der Waals surface area contributed by atoms with Crippen LogP contribution < -0.4 is 10.2 Å². The van der Waals surface area contributed by atoms with E-state index >= 15 is 0 Å². The summed E-state index contributed by atoms with van der Waals surface area (Å²) in [5.74, 6) is -1.000. The van der Waals surface area contributed by atoms with Gasteiger partial charge in [-0.25, -0.2) is 4.79 Å². The number of nitrogens with one attached hydrogen (secondary N) is 1. The summed E-state index contributed by atoms with van der Waals surface area (Å²) in [4.78, 5) is 25.4. The topological polar surface area (TPSA) is 58.6 Å². The second kappa shape index (κ2) is 8.89. The molecule has 2 aromatic rings. The zero-order valence-electron chi connectivity index (χ0n) is 14.0. The molecule has 0 aliphatic carbocycles. The monoisotopic (exact) mass is 358 g/mol. The van der Waals surface area contributed by atoms with Crippen molar-refractivity contribution in [3.05, 3.63) is 65.2 Å². The van der Waals surface area contributed by atoms with E-state index < -0.39 is 11.9 Å². The summed E-state index contributed by atoms with van der Waals surface area (Å²) in [7, 11) is 3.87. The molecule has 25 heavy (non-hydrogen) atoms. The lowest BCUT2D eigenvalue weighted by molar-refractivity contribution is -0.142. The predicted molar refractivity (Wildman–Crippen MR) is 101 cm³/mol. The second-order valence-corrected chi connectivity index (χ2v) is 5.92. The maximum Gasteiger partial charge on any atom is 0.331 e. The summed E-state index contributed by atoms with van der Waals surface area (Å²) in [6, 6.07) is 14.4. The number of halogens is 1. The molecular weight excluding hydrogens is 340 g/mol. The molecule has 0 saturated heterocycles. The van der Waals surface area contributed by atoms with Crippen LogP contribution in [0.2, 0.25) is 5.02 Å². The molecule has 2 aromatic carbocycles. The van der Waals surface area contributed by atoms with Gasteiger partial charge in [0.1, 0.15) is 0 Å². The lowest BCUT2D eigenvalue weighted by atomic mass is 10.2. The van der Waals surface area contributed by atoms with Gasteiger partial charge >= 0.3 is 5.97 Å². The highest BCUT2D eigenvalue weighted by molar-refractivity contribution is 6.30. The van der Waals surface area contributed by atoms with Crippen molar-refractivity contribution in [2.45, 2.75) is 0 Å². The van der Waals surface area contributed by atoms with Crippen LogP contribution in [0, 0.1) is 0 Å². The average Bonchev–Trinajstić information content (AvgIpc) is 2.58. The van der Waals surface area contributed by atoms with E-state index in [1.165, 1.54) is 6.08 Å². The van der Waals surface area contributed by atoms with E-state index in [1.807, 2.05) is 31.1 Å². The number of carbonyl (C=O) groups excluding carboxylic acids is 2. The van der Waals surface area contributed by atoms with Crippen LogP contribution >= 0.6 is 11.6 Å². The smallest absolute Gasteiger partial charge is 0.331 e. The number of amides is 1. The SMILES string of the molecule is CN(C)c1ccc(NC(=O)COC(=O)/C=C/c2cccc(Cl)c2)cc1. The maximum absolute atomic E-state index is 11.8. The summed E-state index contributed by atoms with van der Waals surface area (Å²) < 4.78 is 4.91. The lowest BCUT2D eigenvalue weighted by Gasteiger charge is -2.13. The van der Waals surface area contributed by atoms with E-state index in [9.17, 15) is 9.59 Å². The van der Waals surface area contributed by atoms with Gasteiger partial charge < -0.3 is 15.0 Å². The van der Waals surface area contributed by atoms with Gasteiger partial charge in [-0.1, -0.05) is 23.7 Å². The molecule has 0 fully saturated rings. The highest BCUT2D eigenvalue weighted by atomic mass is 35.5. The fraction of sp³-hybridized carbons (Fsp3) is 0.158. The van der Waals surface area contributed by atoms with Crippen molar-refractivity contribution >= 4 is 40.9 Å². The zero-order valence-corrected chi connectivity index (χ0v) is 14.8. The Balaban J connectivity index is 1.80. The van der Waals surface area contributed by atoms with Crippen molar-refractivity contribution in [1.29, 1.82) is 0 Å². The molecule has 130 valence electrons. The Kier molecular flexibility index (Phi) is 6.60. The molecule has 0 heterocycles. The molecule has 0 atom stereocenters. The summed E-state index contributed by atoms with van der Waals surface area (Å²) in [6.07, 6.45) is 2.83. The molecule has 2 rings (SSSR count). The Morgan fingerprint density at radius 3 is 2.52 bits per heavy atom. The number of rotatable bonds is 6. The minimum absolute atomic E-state index is 0.353. The van der Waals surface area contributed by atoms with Crippen LogP contribution in [-0.2, 0) is 14.3 Å². The Morgan fingerprint density at radius 1 is 1.16 bits per heavy atom. The first kappa shape index (κ1) is 18.5. The molecule has 0 spiro atoms. The molecule has 0 aliphatic heterocycles. The summed E-state index contributed by atoms with van der Waals surface area (Å²) in [5.41, 5.74) is 2.44. The molecule has 1 N–H and O–H groups in total. The zero-order chi connectivity index (χ0) is 18.2. The Bertz CT molecular complexity index is 770. The fourth-order valence-corrected chi connectivity index (χ4v) is 2.20. The lowest BCUT2D eigenvalue weighted by Crippen LogP contribution is -2.20. The van der Waals surface area contributed by atoms with Crippen LogP contribution in [0.15, 0.2) is 54.6 Å². The van der Waals surface area contributed by atoms with E-state index in [0.29, 0.717) is 10.7 Å². The number of benzene rings is 2. The van der Waals surface area contributed by atoms with Crippen LogP contribution in [0.25, 0.3) is 6.08 Å². The Hall–Kier alpha value is -2.79. The van der Waals surface area contributed by atoms with Crippen molar-refractivity contribution in [3.8, 4) is 0 Å².